The number of carbonyl (C=O) groups is 2. The van der Waals surface area contributed by atoms with E-state index in [0.717, 1.165) is 12.8 Å². The number of hydrogen-bond donors (Lipinski definition) is 1. The third-order valence-electron chi connectivity index (χ3n) is 6.73. The first-order valence-corrected chi connectivity index (χ1v) is 13.0. The maximum absolute atomic E-state index is 12.8. The van der Waals surface area contributed by atoms with Gasteiger partial charge in [0.05, 0.1) is 25.7 Å². The number of benzene rings is 2. The molecule has 1 aliphatic carbocycles. The van der Waals surface area contributed by atoms with Gasteiger partial charge < -0.3 is 28.7 Å². The summed E-state index contributed by atoms with van der Waals surface area (Å²) >= 11 is 0. The van der Waals surface area contributed by atoms with Crippen molar-refractivity contribution in [2.24, 2.45) is 11.8 Å². The minimum Gasteiger partial charge on any atom is -0.493 e. The number of methoxy groups -OCH3 is 2. The summed E-state index contributed by atoms with van der Waals surface area (Å²) < 4.78 is 27.1. The number of fused-ring (bicyclic) bond motifs is 1. The summed E-state index contributed by atoms with van der Waals surface area (Å²) in [4.78, 5) is 37.5. The van der Waals surface area contributed by atoms with E-state index >= 15 is 0 Å². The van der Waals surface area contributed by atoms with Gasteiger partial charge in [0.1, 0.15) is 16.9 Å². The molecule has 1 saturated carbocycles. The van der Waals surface area contributed by atoms with E-state index in [1.54, 1.807) is 49.6 Å². The molecule has 39 heavy (non-hydrogen) atoms. The molecule has 1 amide bonds. The maximum atomic E-state index is 12.8. The molecule has 1 heterocycles. The van der Waals surface area contributed by atoms with Gasteiger partial charge in [0.25, 0.3) is 0 Å². The Labute approximate surface area is 227 Å². The van der Waals surface area contributed by atoms with Crippen molar-refractivity contribution in [3.63, 3.8) is 0 Å². The van der Waals surface area contributed by atoms with E-state index in [4.69, 9.17) is 23.4 Å². The van der Waals surface area contributed by atoms with E-state index in [2.05, 4.69) is 5.32 Å². The van der Waals surface area contributed by atoms with Crippen molar-refractivity contribution in [1.82, 2.24) is 5.32 Å². The molecule has 0 spiro atoms. The molecule has 0 atom stereocenters. The van der Waals surface area contributed by atoms with E-state index in [1.807, 2.05) is 20.8 Å². The van der Waals surface area contributed by atoms with Gasteiger partial charge in [-0.05, 0) is 88.3 Å². The fourth-order valence-electron chi connectivity index (χ4n) is 4.70. The van der Waals surface area contributed by atoms with Gasteiger partial charge >= 0.3 is 17.7 Å². The van der Waals surface area contributed by atoms with Gasteiger partial charge in [-0.1, -0.05) is 6.07 Å². The van der Waals surface area contributed by atoms with Crippen LogP contribution in [0.3, 0.4) is 0 Å². The van der Waals surface area contributed by atoms with Gasteiger partial charge in [-0.2, -0.15) is 0 Å². The van der Waals surface area contributed by atoms with E-state index in [-0.39, 0.29) is 17.8 Å². The van der Waals surface area contributed by atoms with Crippen LogP contribution in [0.15, 0.2) is 51.7 Å². The lowest BCUT2D eigenvalue weighted by molar-refractivity contribution is -0.140. The van der Waals surface area contributed by atoms with Gasteiger partial charge in [-0.15, -0.1) is 0 Å². The largest absolute Gasteiger partial charge is 0.493 e. The summed E-state index contributed by atoms with van der Waals surface area (Å²) in [5.41, 5.74) is 0.286. The minimum absolute atomic E-state index is 0.224. The van der Waals surface area contributed by atoms with Gasteiger partial charge in [0.2, 0.25) is 0 Å². The quantitative estimate of drug-likeness (QED) is 0.232. The van der Waals surface area contributed by atoms with Crippen LogP contribution < -0.4 is 25.2 Å². The van der Waals surface area contributed by atoms with Crippen molar-refractivity contribution in [3.05, 3.63) is 52.9 Å². The van der Waals surface area contributed by atoms with E-state index in [0.29, 0.717) is 58.7 Å². The van der Waals surface area contributed by atoms with E-state index in [1.165, 1.54) is 7.11 Å². The van der Waals surface area contributed by atoms with E-state index < -0.39 is 17.3 Å². The van der Waals surface area contributed by atoms with Crippen LogP contribution in [-0.4, -0.2) is 38.4 Å². The highest BCUT2D eigenvalue weighted by Gasteiger charge is 2.28. The van der Waals surface area contributed by atoms with Crippen LogP contribution in [0.25, 0.3) is 22.1 Å². The molecule has 208 valence electrons. The number of alkyl carbamates (subject to hydrolysis) is 1. The summed E-state index contributed by atoms with van der Waals surface area (Å²) in [5, 5.41) is 3.51. The number of carbonyl (C=O) groups excluding carboxylic acids is 2. The van der Waals surface area contributed by atoms with Gasteiger partial charge in [0.15, 0.2) is 11.5 Å². The Hall–Kier alpha value is -4.01. The van der Waals surface area contributed by atoms with Crippen molar-refractivity contribution in [2.75, 3.05) is 20.8 Å². The number of rotatable bonds is 7. The molecule has 0 saturated heterocycles. The Kier molecular flexibility index (Phi) is 8.47. The number of ether oxygens (including phenoxy) is 4. The first-order valence-electron chi connectivity index (χ1n) is 13.0. The van der Waals surface area contributed by atoms with Crippen LogP contribution >= 0.6 is 0 Å². The highest BCUT2D eigenvalue weighted by molar-refractivity contribution is 5.84. The minimum atomic E-state index is -0.538. The van der Waals surface area contributed by atoms with Crippen LogP contribution in [0.5, 0.6) is 17.2 Å². The Bertz CT molecular complexity index is 1400. The van der Waals surface area contributed by atoms with Crippen LogP contribution in [0.1, 0.15) is 46.5 Å². The van der Waals surface area contributed by atoms with Crippen molar-refractivity contribution >= 4 is 23.0 Å². The first-order chi connectivity index (χ1) is 18.6. The SMILES string of the molecule is COc1ccc(-c2cc3ccc(OC(=O)C4CCC(CNC(=O)OC(C)(C)C)CC4)cc3oc2=O)cc1OC. The standard InChI is InChI=1S/C30H35NO8/c1-30(2,3)39-29(34)31-17-18-6-8-19(9-7-18)27(32)37-22-12-10-21-14-23(28(33)38-25(21)16-22)20-11-13-24(35-4)26(15-20)36-5/h10-16,18-19H,6-9,17H2,1-5H3,(H,31,34). The summed E-state index contributed by atoms with van der Waals surface area (Å²) in [6.45, 7) is 5.99. The third-order valence-corrected chi connectivity index (χ3v) is 6.73. The summed E-state index contributed by atoms with van der Waals surface area (Å²) in [5.74, 6) is 1.14. The molecule has 4 rings (SSSR count). The van der Waals surface area contributed by atoms with Crippen LogP contribution in [0.2, 0.25) is 0 Å². The molecular formula is C30H35NO8. The fourth-order valence-corrected chi connectivity index (χ4v) is 4.70. The number of nitrogens with one attached hydrogen (secondary N) is 1. The second-order valence-corrected chi connectivity index (χ2v) is 10.7. The molecule has 9 nitrogen and oxygen atoms in total. The topological polar surface area (TPSA) is 113 Å². The fraction of sp³-hybridized carbons (Fsp3) is 0.433. The first kappa shape index (κ1) is 28.0. The Morgan fingerprint density at radius 2 is 1.67 bits per heavy atom. The lowest BCUT2D eigenvalue weighted by Crippen LogP contribution is -2.36. The zero-order valence-electron chi connectivity index (χ0n) is 23.0. The van der Waals surface area contributed by atoms with Crippen molar-refractivity contribution in [1.29, 1.82) is 0 Å². The zero-order valence-corrected chi connectivity index (χ0v) is 23.0. The number of amides is 1. The lowest BCUT2D eigenvalue weighted by atomic mass is 9.82. The molecule has 0 radical (unpaired) electrons. The zero-order chi connectivity index (χ0) is 28.2. The smallest absolute Gasteiger partial charge is 0.407 e. The molecule has 0 unspecified atom stereocenters. The molecular weight excluding hydrogens is 502 g/mol. The summed E-state index contributed by atoms with van der Waals surface area (Å²) in [7, 11) is 3.08. The van der Waals surface area contributed by atoms with Crippen molar-refractivity contribution in [3.8, 4) is 28.4 Å². The summed E-state index contributed by atoms with van der Waals surface area (Å²) in [6.07, 6.45) is 2.54. The monoisotopic (exact) mass is 537 g/mol. The third kappa shape index (κ3) is 7.10. The number of hydrogen-bond acceptors (Lipinski definition) is 8. The van der Waals surface area contributed by atoms with Crippen LogP contribution in [-0.2, 0) is 9.53 Å². The van der Waals surface area contributed by atoms with Gasteiger partial charge in [-0.25, -0.2) is 9.59 Å². The normalized spacial score (nSPS) is 17.4. The molecule has 2 aromatic carbocycles. The second-order valence-electron chi connectivity index (χ2n) is 10.7. The van der Waals surface area contributed by atoms with Gasteiger partial charge in [0, 0.05) is 18.0 Å². The maximum Gasteiger partial charge on any atom is 0.407 e. The molecule has 3 aromatic rings. The highest BCUT2D eigenvalue weighted by Crippen LogP contribution is 2.33. The highest BCUT2D eigenvalue weighted by atomic mass is 16.6. The lowest BCUT2D eigenvalue weighted by Gasteiger charge is -2.28. The second kappa shape index (κ2) is 11.8. The predicted molar refractivity (Wildman–Crippen MR) is 146 cm³/mol. The summed E-state index contributed by atoms with van der Waals surface area (Å²) in [6, 6.07) is 11.9. The molecule has 0 bridgehead atoms. The van der Waals surface area contributed by atoms with Crippen LogP contribution in [0, 0.1) is 11.8 Å². The molecule has 1 fully saturated rings. The molecule has 1 N–H and O–H groups in total. The van der Waals surface area contributed by atoms with Crippen molar-refractivity contribution in [2.45, 2.75) is 52.1 Å². The Balaban J connectivity index is 1.37. The van der Waals surface area contributed by atoms with Crippen LogP contribution in [0.4, 0.5) is 4.79 Å². The van der Waals surface area contributed by atoms with Gasteiger partial charge in [-0.3, -0.25) is 4.79 Å². The Morgan fingerprint density at radius 1 is 0.949 bits per heavy atom. The molecule has 1 aliphatic rings. The molecule has 9 heteroatoms. The average Bonchev–Trinajstić information content (AvgIpc) is 2.90. The Morgan fingerprint density at radius 3 is 2.33 bits per heavy atom. The van der Waals surface area contributed by atoms with E-state index in [9.17, 15) is 14.4 Å². The predicted octanol–water partition coefficient (Wildman–Crippen LogP) is 5.71. The molecule has 0 aliphatic heterocycles. The van der Waals surface area contributed by atoms with Crippen molar-refractivity contribution < 1.29 is 33.0 Å². The molecule has 1 aromatic heterocycles. The number of esters is 1. The average molecular weight is 538 g/mol.